The van der Waals surface area contributed by atoms with Gasteiger partial charge in [-0.2, -0.15) is 18.3 Å². The molecule has 1 aliphatic heterocycles. The van der Waals surface area contributed by atoms with Gasteiger partial charge in [0.2, 0.25) is 0 Å². The number of hydrogen-bond acceptors (Lipinski definition) is 4. The molecule has 1 atom stereocenters. The maximum absolute atomic E-state index is 13.0. The Kier molecular flexibility index (Phi) is 6.21. The smallest absolute Gasteiger partial charge is 0.369 e. The second-order valence-corrected chi connectivity index (χ2v) is 7.45. The van der Waals surface area contributed by atoms with Gasteiger partial charge in [-0.15, -0.1) is 0 Å². The molecule has 0 radical (unpaired) electrons. The zero-order chi connectivity index (χ0) is 20.5. The van der Waals surface area contributed by atoms with Crippen molar-refractivity contribution in [3.8, 4) is 0 Å². The highest BCUT2D eigenvalue weighted by molar-refractivity contribution is 6.32. The number of aromatic nitrogens is 2. The summed E-state index contributed by atoms with van der Waals surface area (Å²) in [7, 11) is 0. The molecule has 3 rings (SSSR count). The first-order valence-electron chi connectivity index (χ1n) is 8.70. The number of rotatable bonds is 5. The summed E-state index contributed by atoms with van der Waals surface area (Å²) in [6, 6.07) is 6.93. The molecule has 10 heteroatoms. The van der Waals surface area contributed by atoms with Gasteiger partial charge in [-0.1, -0.05) is 29.3 Å². The molecule has 0 aliphatic carbocycles. The summed E-state index contributed by atoms with van der Waals surface area (Å²) >= 11 is 11.8. The van der Waals surface area contributed by atoms with Crippen molar-refractivity contribution in [3.05, 3.63) is 45.7 Å². The van der Waals surface area contributed by atoms with Crippen molar-refractivity contribution in [1.29, 1.82) is 0 Å². The number of aldehydes is 1. The van der Waals surface area contributed by atoms with Crippen LogP contribution in [-0.2, 0) is 17.5 Å². The molecule has 0 N–H and O–H groups in total. The van der Waals surface area contributed by atoms with Crippen LogP contribution >= 0.6 is 23.2 Å². The van der Waals surface area contributed by atoms with Gasteiger partial charge in [0.05, 0.1) is 23.3 Å². The van der Waals surface area contributed by atoms with Crippen LogP contribution in [-0.4, -0.2) is 53.2 Å². The van der Waals surface area contributed by atoms with E-state index >= 15 is 0 Å². The Morgan fingerprint density at radius 3 is 2.43 bits per heavy atom. The average molecular weight is 435 g/mol. The van der Waals surface area contributed by atoms with E-state index in [2.05, 4.69) is 10.00 Å². The molecule has 0 spiro atoms. The van der Waals surface area contributed by atoms with E-state index in [1.165, 1.54) is 6.92 Å². The van der Waals surface area contributed by atoms with E-state index in [1.807, 2.05) is 23.1 Å². The molecule has 2 heterocycles. The Morgan fingerprint density at radius 2 is 1.89 bits per heavy atom. The van der Waals surface area contributed by atoms with E-state index in [-0.39, 0.29) is 12.2 Å². The van der Waals surface area contributed by atoms with Crippen LogP contribution in [0.15, 0.2) is 24.3 Å². The van der Waals surface area contributed by atoms with Crippen LogP contribution in [0.4, 0.5) is 18.9 Å². The van der Waals surface area contributed by atoms with Gasteiger partial charge in [0.25, 0.3) is 0 Å². The Balaban J connectivity index is 1.68. The first-order chi connectivity index (χ1) is 13.2. The summed E-state index contributed by atoms with van der Waals surface area (Å²) in [5, 5.41) is 3.81. The highest BCUT2D eigenvalue weighted by Gasteiger charge is 2.38. The van der Waals surface area contributed by atoms with Crippen molar-refractivity contribution in [2.24, 2.45) is 0 Å². The predicted octanol–water partition coefficient (Wildman–Crippen LogP) is 3.91. The number of benzene rings is 1. The van der Waals surface area contributed by atoms with Gasteiger partial charge in [0.1, 0.15) is 6.29 Å². The summed E-state index contributed by atoms with van der Waals surface area (Å²) in [6.45, 7) is 4.02. The fourth-order valence-electron chi connectivity index (χ4n) is 3.29. The molecule has 1 aliphatic rings. The van der Waals surface area contributed by atoms with E-state index < -0.39 is 22.9 Å². The number of alkyl halides is 3. The fraction of sp³-hybridized carbons (Fsp3) is 0.444. The minimum atomic E-state index is -4.63. The lowest BCUT2D eigenvalue weighted by molar-refractivity contribution is -0.141. The molecule has 0 saturated carbocycles. The second-order valence-electron chi connectivity index (χ2n) is 6.63. The minimum absolute atomic E-state index is 0.0162. The summed E-state index contributed by atoms with van der Waals surface area (Å²) in [5.41, 5.74) is 0.0693. The molecule has 5 nitrogen and oxygen atoms in total. The van der Waals surface area contributed by atoms with Gasteiger partial charge in [-0.25, -0.2) is 0 Å². The minimum Gasteiger partial charge on any atom is -0.369 e. The van der Waals surface area contributed by atoms with Gasteiger partial charge in [-0.05, 0) is 25.1 Å². The van der Waals surface area contributed by atoms with Crippen molar-refractivity contribution in [1.82, 2.24) is 14.7 Å². The van der Waals surface area contributed by atoms with E-state index in [0.29, 0.717) is 31.2 Å². The van der Waals surface area contributed by atoms with Crippen molar-refractivity contribution in [2.75, 3.05) is 31.1 Å². The standard InChI is InChI=1S/C18H19Cl2F3N4O/c1-12-16(20)17(18(21,22)23)24-27(12)10-15(11-28)26-7-5-25(6-8-26)14-4-2-3-13(19)9-14/h2-4,9,11,15H,5-8,10H2,1H3. The molecular formula is C18H19Cl2F3N4O. The third kappa shape index (κ3) is 4.45. The fourth-order valence-corrected chi connectivity index (χ4v) is 3.72. The summed E-state index contributed by atoms with van der Waals surface area (Å²) in [6.07, 6.45) is -3.89. The second kappa shape index (κ2) is 8.31. The average Bonchev–Trinajstić information content (AvgIpc) is 2.95. The number of carbonyl (C=O) groups is 1. The molecule has 1 aromatic carbocycles. The van der Waals surface area contributed by atoms with Gasteiger partial charge < -0.3 is 9.69 Å². The van der Waals surface area contributed by atoms with Gasteiger partial charge >= 0.3 is 6.18 Å². The third-order valence-corrected chi connectivity index (χ3v) is 5.56. The monoisotopic (exact) mass is 434 g/mol. The molecule has 1 aromatic heterocycles. The van der Waals surface area contributed by atoms with Crippen molar-refractivity contribution in [2.45, 2.75) is 25.7 Å². The van der Waals surface area contributed by atoms with Crippen LogP contribution in [0.25, 0.3) is 0 Å². The first kappa shape index (κ1) is 21.0. The Bertz CT molecular complexity index is 848. The molecule has 0 amide bonds. The van der Waals surface area contributed by atoms with Gasteiger partial charge in [0, 0.05) is 36.9 Å². The third-order valence-electron chi connectivity index (χ3n) is 4.88. The molecule has 152 valence electrons. The maximum Gasteiger partial charge on any atom is 0.436 e. The molecule has 28 heavy (non-hydrogen) atoms. The van der Waals surface area contributed by atoms with Gasteiger partial charge in [0.15, 0.2) is 5.69 Å². The van der Waals surface area contributed by atoms with Crippen LogP contribution < -0.4 is 4.90 Å². The van der Waals surface area contributed by atoms with Crippen LogP contribution in [0.1, 0.15) is 11.4 Å². The molecular weight excluding hydrogens is 416 g/mol. The number of carbonyl (C=O) groups excluding carboxylic acids is 1. The highest BCUT2D eigenvalue weighted by atomic mass is 35.5. The molecule has 0 bridgehead atoms. The van der Waals surface area contributed by atoms with Crippen molar-refractivity contribution in [3.63, 3.8) is 0 Å². The maximum atomic E-state index is 13.0. The zero-order valence-corrected chi connectivity index (χ0v) is 16.6. The summed E-state index contributed by atoms with van der Waals surface area (Å²) < 4.78 is 40.1. The van der Waals surface area contributed by atoms with Crippen LogP contribution in [0.2, 0.25) is 10.0 Å². The Morgan fingerprint density at radius 1 is 1.21 bits per heavy atom. The number of piperazine rings is 1. The Hall–Kier alpha value is -1.77. The first-order valence-corrected chi connectivity index (χ1v) is 9.46. The quantitative estimate of drug-likeness (QED) is 0.669. The zero-order valence-electron chi connectivity index (χ0n) is 15.1. The summed E-state index contributed by atoms with van der Waals surface area (Å²) in [5.74, 6) is 0. The molecule has 1 unspecified atom stereocenters. The predicted molar refractivity (Wildman–Crippen MR) is 102 cm³/mol. The van der Waals surface area contributed by atoms with Crippen molar-refractivity contribution >= 4 is 35.2 Å². The number of hydrogen-bond donors (Lipinski definition) is 0. The number of nitrogens with zero attached hydrogens (tertiary/aromatic N) is 4. The van der Waals surface area contributed by atoms with Crippen LogP contribution in [0, 0.1) is 6.92 Å². The lowest BCUT2D eigenvalue weighted by atomic mass is 10.2. The van der Waals surface area contributed by atoms with Crippen LogP contribution in [0.3, 0.4) is 0 Å². The number of halogens is 5. The Labute approximate surface area is 170 Å². The largest absolute Gasteiger partial charge is 0.436 e. The van der Waals surface area contributed by atoms with E-state index in [9.17, 15) is 18.0 Å². The lowest BCUT2D eigenvalue weighted by Gasteiger charge is -2.38. The van der Waals surface area contributed by atoms with E-state index in [0.717, 1.165) is 16.7 Å². The number of anilines is 1. The highest BCUT2D eigenvalue weighted by Crippen LogP contribution is 2.35. The van der Waals surface area contributed by atoms with Gasteiger partial charge in [-0.3, -0.25) is 9.58 Å². The molecule has 1 saturated heterocycles. The molecule has 2 aromatic rings. The van der Waals surface area contributed by atoms with Crippen LogP contribution in [0.5, 0.6) is 0 Å². The SMILES string of the molecule is Cc1c(Cl)c(C(F)(F)F)nn1CC(C=O)N1CCN(c2cccc(Cl)c2)CC1. The van der Waals surface area contributed by atoms with E-state index in [4.69, 9.17) is 23.2 Å². The van der Waals surface area contributed by atoms with E-state index in [1.54, 1.807) is 6.07 Å². The topological polar surface area (TPSA) is 41.4 Å². The molecule has 1 fully saturated rings. The van der Waals surface area contributed by atoms with Crippen molar-refractivity contribution < 1.29 is 18.0 Å². The lowest BCUT2D eigenvalue weighted by Crippen LogP contribution is -2.52. The normalized spacial score (nSPS) is 17.0. The summed E-state index contributed by atoms with van der Waals surface area (Å²) in [4.78, 5) is 15.7.